The number of sulfonamides is 1. The number of piperazine rings is 1. The van der Waals surface area contributed by atoms with Crippen molar-refractivity contribution in [2.75, 3.05) is 25.0 Å². The van der Waals surface area contributed by atoms with Crippen molar-refractivity contribution in [2.45, 2.75) is 55.9 Å². The average molecular weight is 648 g/mol. The molecule has 2 aromatic carbocycles. The Morgan fingerprint density at radius 3 is 2.33 bits per heavy atom. The van der Waals surface area contributed by atoms with Gasteiger partial charge in [-0.2, -0.15) is 4.31 Å². The molecule has 3 N–H and O–H groups in total. The van der Waals surface area contributed by atoms with E-state index >= 15 is 4.39 Å². The number of hydrogen-bond acceptors (Lipinski definition) is 6. The predicted octanol–water partition coefficient (Wildman–Crippen LogP) is 3.61. The lowest BCUT2D eigenvalue weighted by atomic mass is 9.84. The molecule has 2 aliphatic rings. The molecule has 1 aliphatic heterocycles. The normalized spacial score (nSPS) is 18.6. The SMILES string of the molecule is CC(=O)N[C@H](C(=O)Nc1cncc(F)c1CC[C@H]1CNCCN1S(=O)(=O)C1CC1)[C@@H](c1ccc(F)cc1)c1cc(F)cc(F)c1. The van der Waals surface area contributed by atoms with E-state index in [4.69, 9.17) is 0 Å². The second kappa shape index (κ2) is 13.6. The zero-order chi connectivity index (χ0) is 32.3. The lowest BCUT2D eigenvalue weighted by Gasteiger charge is -2.35. The van der Waals surface area contributed by atoms with Crippen LogP contribution in [0.25, 0.3) is 0 Å². The van der Waals surface area contributed by atoms with E-state index in [0.29, 0.717) is 38.5 Å². The maximum atomic E-state index is 15.2. The van der Waals surface area contributed by atoms with Crippen molar-refractivity contribution in [3.63, 3.8) is 0 Å². The fourth-order valence-corrected chi connectivity index (χ4v) is 7.80. The van der Waals surface area contributed by atoms with Gasteiger partial charge in [0, 0.05) is 50.1 Å². The standard InChI is InChI=1S/C31H33F4N5O4S/c1-18(41)38-30(29(19-2-4-21(32)5-3-19)20-12-22(33)14-23(34)13-20)31(42)39-28-17-37-16-27(35)26(28)9-6-24-15-36-10-11-40(24)45(43,44)25-7-8-25/h2-5,12-14,16-17,24-25,29-30,36H,6-11,15H2,1H3,(H,38,41)(H,39,42)/t24-,29-,30-/m0/s1. The molecule has 1 aromatic heterocycles. The molecule has 2 amide bonds. The molecule has 240 valence electrons. The Balaban J connectivity index is 1.44. The van der Waals surface area contributed by atoms with Gasteiger partial charge in [-0.25, -0.2) is 26.0 Å². The van der Waals surface area contributed by atoms with Crippen molar-refractivity contribution in [1.82, 2.24) is 19.9 Å². The molecule has 45 heavy (non-hydrogen) atoms. The highest BCUT2D eigenvalue weighted by Gasteiger charge is 2.43. The van der Waals surface area contributed by atoms with Crippen molar-refractivity contribution in [2.24, 2.45) is 0 Å². The van der Waals surface area contributed by atoms with Gasteiger partial charge in [-0.1, -0.05) is 12.1 Å². The fraction of sp³-hybridized carbons (Fsp3) is 0.387. The van der Waals surface area contributed by atoms with Gasteiger partial charge < -0.3 is 16.0 Å². The monoisotopic (exact) mass is 647 g/mol. The van der Waals surface area contributed by atoms with Gasteiger partial charge in [0.15, 0.2) is 0 Å². The van der Waals surface area contributed by atoms with E-state index in [9.17, 15) is 31.2 Å². The Morgan fingerprint density at radius 2 is 1.69 bits per heavy atom. The quantitative estimate of drug-likeness (QED) is 0.274. The number of hydrogen-bond donors (Lipinski definition) is 3. The molecule has 3 aromatic rings. The van der Waals surface area contributed by atoms with Crippen molar-refractivity contribution in [3.05, 3.63) is 94.8 Å². The molecule has 0 unspecified atom stereocenters. The Bertz CT molecular complexity index is 1650. The van der Waals surface area contributed by atoms with E-state index in [-0.39, 0.29) is 35.2 Å². The van der Waals surface area contributed by atoms with Crippen LogP contribution in [0.15, 0.2) is 54.9 Å². The van der Waals surface area contributed by atoms with Gasteiger partial charge >= 0.3 is 0 Å². The zero-order valence-electron chi connectivity index (χ0n) is 24.4. The van der Waals surface area contributed by atoms with E-state index in [2.05, 4.69) is 20.9 Å². The number of pyridine rings is 1. The highest BCUT2D eigenvalue weighted by Crippen LogP contribution is 2.34. The summed E-state index contributed by atoms with van der Waals surface area (Å²) in [5, 5.41) is 7.92. The van der Waals surface area contributed by atoms with E-state index in [1.807, 2.05) is 0 Å². The van der Waals surface area contributed by atoms with E-state index in [1.54, 1.807) is 0 Å². The lowest BCUT2D eigenvalue weighted by Crippen LogP contribution is -2.54. The first-order valence-electron chi connectivity index (χ1n) is 14.6. The van der Waals surface area contributed by atoms with E-state index in [0.717, 1.165) is 37.4 Å². The maximum Gasteiger partial charge on any atom is 0.247 e. The minimum absolute atomic E-state index is 0.00707. The predicted molar refractivity (Wildman–Crippen MR) is 159 cm³/mol. The minimum atomic E-state index is -3.48. The van der Waals surface area contributed by atoms with Crippen LogP contribution in [0, 0.1) is 23.3 Å². The summed E-state index contributed by atoms with van der Waals surface area (Å²) in [6.07, 6.45) is 3.74. The third-order valence-electron chi connectivity index (χ3n) is 8.01. The molecule has 1 aliphatic carbocycles. The van der Waals surface area contributed by atoms with Crippen LogP contribution >= 0.6 is 0 Å². The number of carbonyl (C=O) groups is 2. The van der Waals surface area contributed by atoms with Crippen LogP contribution in [-0.4, -0.2) is 66.5 Å². The Kier molecular flexibility index (Phi) is 9.85. The number of rotatable bonds is 11. The summed E-state index contributed by atoms with van der Waals surface area (Å²) in [7, 11) is -3.48. The number of carbonyl (C=O) groups excluding carboxylic acids is 2. The Labute approximate surface area is 258 Å². The number of aromatic nitrogens is 1. The molecule has 3 atom stereocenters. The fourth-order valence-electron chi connectivity index (χ4n) is 5.75. The Hall–Kier alpha value is -3.88. The van der Waals surface area contributed by atoms with Gasteiger partial charge in [-0.15, -0.1) is 0 Å². The molecule has 0 bridgehead atoms. The summed E-state index contributed by atoms with van der Waals surface area (Å²) in [6, 6.07) is 5.65. The maximum absolute atomic E-state index is 15.2. The van der Waals surface area contributed by atoms with Crippen molar-refractivity contribution in [3.8, 4) is 0 Å². The highest BCUT2D eigenvalue weighted by atomic mass is 32.2. The summed E-state index contributed by atoms with van der Waals surface area (Å²) >= 11 is 0. The van der Waals surface area contributed by atoms with Crippen LogP contribution in [0.5, 0.6) is 0 Å². The average Bonchev–Trinajstić information content (AvgIpc) is 3.84. The molecular weight excluding hydrogens is 614 g/mol. The Morgan fingerprint density at radius 1 is 1.00 bits per heavy atom. The molecule has 14 heteroatoms. The summed E-state index contributed by atoms with van der Waals surface area (Å²) in [5.74, 6) is -5.84. The van der Waals surface area contributed by atoms with Crippen LogP contribution in [0.2, 0.25) is 0 Å². The van der Waals surface area contributed by atoms with Crippen LogP contribution < -0.4 is 16.0 Å². The molecule has 5 rings (SSSR count). The molecule has 1 saturated heterocycles. The third-order valence-corrected chi connectivity index (χ3v) is 10.5. The lowest BCUT2D eigenvalue weighted by molar-refractivity contribution is -0.125. The van der Waals surface area contributed by atoms with Crippen LogP contribution in [0.1, 0.15) is 48.8 Å². The largest absolute Gasteiger partial charge is 0.344 e. The number of halogens is 4. The molecule has 2 fully saturated rings. The number of amides is 2. The number of nitrogens with one attached hydrogen (secondary N) is 3. The smallest absolute Gasteiger partial charge is 0.247 e. The van der Waals surface area contributed by atoms with Gasteiger partial charge in [-0.3, -0.25) is 14.6 Å². The third kappa shape index (κ3) is 7.68. The van der Waals surface area contributed by atoms with Crippen molar-refractivity contribution < 1.29 is 35.6 Å². The second-order valence-electron chi connectivity index (χ2n) is 11.3. The molecule has 0 spiro atoms. The zero-order valence-corrected chi connectivity index (χ0v) is 25.2. The van der Waals surface area contributed by atoms with E-state index in [1.165, 1.54) is 22.6 Å². The molecule has 9 nitrogen and oxygen atoms in total. The topological polar surface area (TPSA) is 120 Å². The number of benzene rings is 2. The van der Waals surface area contributed by atoms with Crippen LogP contribution in [0.3, 0.4) is 0 Å². The highest BCUT2D eigenvalue weighted by molar-refractivity contribution is 7.90. The number of anilines is 1. The van der Waals surface area contributed by atoms with E-state index < -0.39 is 68.4 Å². The first-order valence-corrected chi connectivity index (χ1v) is 16.1. The second-order valence-corrected chi connectivity index (χ2v) is 13.5. The van der Waals surface area contributed by atoms with Crippen molar-refractivity contribution in [1.29, 1.82) is 0 Å². The van der Waals surface area contributed by atoms with Gasteiger partial charge in [-0.05, 0) is 61.1 Å². The minimum Gasteiger partial charge on any atom is -0.344 e. The van der Waals surface area contributed by atoms with Gasteiger partial charge in [0.2, 0.25) is 21.8 Å². The molecule has 1 saturated carbocycles. The van der Waals surface area contributed by atoms with Gasteiger partial charge in [0.05, 0.1) is 23.3 Å². The van der Waals surface area contributed by atoms with Crippen LogP contribution in [-0.2, 0) is 26.0 Å². The van der Waals surface area contributed by atoms with Crippen molar-refractivity contribution >= 4 is 27.5 Å². The molecular formula is C31H33F4N5O4S. The number of nitrogens with zero attached hydrogens (tertiary/aromatic N) is 2. The molecule has 0 radical (unpaired) electrons. The summed E-state index contributed by atoms with van der Waals surface area (Å²) in [6.45, 7) is 2.34. The summed E-state index contributed by atoms with van der Waals surface area (Å²) in [4.78, 5) is 30.0. The van der Waals surface area contributed by atoms with Gasteiger partial charge in [0.1, 0.15) is 29.3 Å². The van der Waals surface area contributed by atoms with Gasteiger partial charge in [0.25, 0.3) is 0 Å². The first kappa shape index (κ1) is 32.5. The summed E-state index contributed by atoms with van der Waals surface area (Å²) in [5.41, 5.74) is 0.324. The first-order chi connectivity index (χ1) is 21.4. The molecule has 2 heterocycles. The van der Waals surface area contributed by atoms with Crippen LogP contribution in [0.4, 0.5) is 23.2 Å². The summed E-state index contributed by atoms with van der Waals surface area (Å²) < 4.78 is 85.2.